The summed E-state index contributed by atoms with van der Waals surface area (Å²) in [6.07, 6.45) is 2.62. The number of carbonyl (C=O) groups excluding carboxylic acids is 6. The molecule has 0 radical (unpaired) electrons. The summed E-state index contributed by atoms with van der Waals surface area (Å²) in [4.78, 5) is 101. The zero-order valence-corrected chi connectivity index (χ0v) is 38.4. The van der Waals surface area contributed by atoms with Crippen molar-refractivity contribution in [2.45, 2.75) is 94.7 Å². The van der Waals surface area contributed by atoms with Crippen molar-refractivity contribution in [1.29, 1.82) is 0 Å². The highest BCUT2D eigenvalue weighted by Gasteiger charge is 2.35. The molecule has 0 bridgehead atoms. The fourth-order valence-corrected chi connectivity index (χ4v) is 9.55. The number of nitrogens with one attached hydrogen (secondary N) is 7. The van der Waals surface area contributed by atoms with Crippen LogP contribution in [0.5, 0.6) is 5.75 Å². The highest BCUT2D eigenvalue weighted by molar-refractivity contribution is 8.76. The largest absolute Gasteiger partial charge is 0.508 e. The molecule has 3 aromatic carbocycles. The Morgan fingerprint density at radius 1 is 0.697 bits per heavy atom. The lowest BCUT2D eigenvalue weighted by molar-refractivity contribution is -0.143. The van der Waals surface area contributed by atoms with E-state index in [1.807, 2.05) is 30.3 Å². The predicted octanol–water partition coefficient (Wildman–Crippen LogP) is 1.40. The number of aliphatic carboxylic acids is 1. The van der Waals surface area contributed by atoms with Gasteiger partial charge in [0.1, 0.15) is 42.0 Å². The average Bonchev–Trinajstić information content (AvgIpc) is 3.70. The van der Waals surface area contributed by atoms with E-state index in [1.165, 1.54) is 12.1 Å². The molecule has 1 fully saturated rings. The van der Waals surface area contributed by atoms with Crippen LogP contribution in [0.2, 0.25) is 0 Å². The Bertz CT molecular complexity index is 2300. The molecule has 1 aliphatic rings. The number of phenolic OH excluding ortho intramolecular Hbond substituents is 1. The highest BCUT2D eigenvalue weighted by atomic mass is 33.1. The monoisotopic (exact) mass is 945 g/mol. The molecule has 20 heteroatoms. The van der Waals surface area contributed by atoms with Gasteiger partial charge in [-0.3, -0.25) is 28.8 Å². The molecule has 4 aromatic rings. The van der Waals surface area contributed by atoms with E-state index in [2.05, 4.69) is 36.9 Å². The lowest BCUT2D eigenvalue weighted by atomic mass is 10.0. The molecular weight excluding hydrogens is 887 g/mol. The van der Waals surface area contributed by atoms with Crippen molar-refractivity contribution in [3.63, 3.8) is 0 Å². The van der Waals surface area contributed by atoms with Gasteiger partial charge in [0.25, 0.3) is 0 Å². The Hall–Kier alpha value is -6.09. The first kappa shape index (κ1) is 50.9. The lowest BCUT2D eigenvalue weighted by Crippen LogP contribution is -2.61. The summed E-state index contributed by atoms with van der Waals surface area (Å²) in [5, 5.41) is 37.0. The molecule has 5 rings (SSSR count). The van der Waals surface area contributed by atoms with Crippen LogP contribution >= 0.6 is 21.6 Å². The van der Waals surface area contributed by atoms with Crippen LogP contribution < -0.4 is 43.4 Å². The fraction of sp³-hybridized carbons (Fsp3) is 0.413. The van der Waals surface area contributed by atoms with Crippen molar-refractivity contribution < 1.29 is 43.8 Å². The van der Waals surface area contributed by atoms with Gasteiger partial charge in [-0.2, -0.15) is 0 Å². The number of benzene rings is 3. The quantitative estimate of drug-likeness (QED) is 0.0631. The average molecular weight is 946 g/mol. The first-order chi connectivity index (χ1) is 31.6. The van der Waals surface area contributed by atoms with E-state index < -0.39 is 89.6 Å². The van der Waals surface area contributed by atoms with Crippen LogP contribution in [0.15, 0.2) is 85.1 Å². The minimum absolute atomic E-state index is 0.00111. The summed E-state index contributed by atoms with van der Waals surface area (Å²) in [7, 11) is 2.21. The van der Waals surface area contributed by atoms with Crippen molar-refractivity contribution >= 4 is 73.9 Å². The van der Waals surface area contributed by atoms with Crippen molar-refractivity contribution in [2.24, 2.45) is 17.4 Å². The highest BCUT2D eigenvalue weighted by Crippen LogP contribution is 2.24. The molecular formula is C46H59N9O9S2. The van der Waals surface area contributed by atoms with Crippen LogP contribution in [0.4, 0.5) is 0 Å². The summed E-state index contributed by atoms with van der Waals surface area (Å²) in [5.41, 5.74) is 14.9. The maximum Gasteiger partial charge on any atom is 0.326 e. The topological polar surface area (TPSA) is 300 Å². The number of aromatic hydroxyl groups is 1. The standard InChI is InChI=1S/C46H59N9O9S2/c1-26(2)39(46(63)64)55-45(62)38-25-66-65-24-32(48)40(57)51-35(20-27-10-4-3-5-11-27)42(59)53-37(22-29-23-49-33-13-7-6-12-31(29)33)44(61)50-34(14-8-9-19-47)41(58)52-36(43(60)54-38)21-28-15-17-30(56)18-16-28/h3-7,10-13,15-18,23,26,32,34-39,49,56H,8-9,14,19-22,24-25,47-48H2,1-2H3,(H,50,61)(H,51,57)(H,52,58)(H,53,59)(H,54,60)(H,55,62)(H,63,64)/t32-,34-,35-,36-,37-,38-,39-/m0/s1. The number of rotatable bonds is 14. The lowest BCUT2D eigenvalue weighted by Gasteiger charge is -2.28. The molecule has 18 nitrogen and oxygen atoms in total. The normalized spacial score (nSPS) is 22.3. The number of phenols is 1. The molecule has 0 aliphatic carbocycles. The Balaban J connectivity index is 1.55. The third-order valence-corrected chi connectivity index (χ3v) is 13.5. The van der Waals surface area contributed by atoms with Gasteiger partial charge in [0.15, 0.2) is 0 Å². The number of para-hydroxylation sites is 1. The van der Waals surface area contributed by atoms with Gasteiger partial charge in [-0.15, -0.1) is 0 Å². The van der Waals surface area contributed by atoms with E-state index in [-0.39, 0.29) is 42.9 Å². The summed E-state index contributed by atoms with van der Waals surface area (Å²) in [6, 6.07) is 13.5. The van der Waals surface area contributed by atoms with Crippen LogP contribution in [0, 0.1) is 5.92 Å². The summed E-state index contributed by atoms with van der Waals surface area (Å²) in [5.74, 6) is -6.36. The second kappa shape index (κ2) is 25.0. The summed E-state index contributed by atoms with van der Waals surface area (Å²) in [6.45, 7) is 3.53. The maximum atomic E-state index is 14.6. The Morgan fingerprint density at radius 2 is 1.24 bits per heavy atom. The smallest absolute Gasteiger partial charge is 0.326 e. The number of fused-ring (bicyclic) bond motifs is 1. The SMILES string of the molecule is CC(C)[C@H](NC(=O)[C@@H]1CSSC[C@H](N)C(=O)N[C@@H](Cc2ccccc2)C(=O)N[C@@H](Cc2c[nH]c3ccccc23)C(=O)N[C@@H](CCCCN)C(=O)N[C@@H](Cc2ccc(O)cc2)C(=O)N1)C(=O)O. The molecule has 354 valence electrons. The van der Waals surface area contributed by atoms with Crippen molar-refractivity contribution in [3.05, 3.63) is 102 Å². The molecule has 0 saturated carbocycles. The number of carboxylic acids is 1. The number of unbranched alkanes of at least 4 members (excludes halogenated alkanes) is 1. The predicted molar refractivity (Wildman–Crippen MR) is 254 cm³/mol. The van der Waals surface area contributed by atoms with Crippen LogP contribution in [0.1, 0.15) is 49.8 Å². The van der Waals surface area contributed by atoms with Crippen molar-refractivity contribution in [3.8, 4) is 5.75 Å². The Morgan fingerprint density at radius 3 is 1.88 bits per heavy atom. The molecule has 0 spiro atoms. The van der Waals surface area contributed by atoms with Crippen molar-refractivity contribution in [1.82, 2.24) is 36.9 Å². The molecule has 13 N–H and O–H groups in total. The number of aromatic nitrogens is 1. The first-order valence-corrected chi connectivity index (χ1v) is 24.2. The molecule has 0 unspecified atom stereocenters. The van der Waals surface area contributed by atoms with Gasteiger partial charge in [0, 0.05) is 47.9 Å². The van der Waals surface area contributed by atoms with Gasteiger partial charge in [-0.05, 0) is 66.6 Å². The molecule has 1 aromatic heterocycles. The zero-order valence-electron chi connectivity index (χ0n) is 36.8. The van der Waals surface area contributed by atoms with E-state index >= 15 is 0 Å². The molecule has 1 aliphatic heterocycles. The van der Waals surface area contributed by atoms with Gasteiger partial charge < -0.3 is 58.6 Å². The fourth-order valence-electron chi connectivity index (χ4n) is 7.26. The Kier molecular flexibility index (Phi) is 19.3. The van der Waals surface area contributed by atoms with Crippen LogP contribution in [-0.2, 0) is 52.8 Å². The molecule has 1 saturated heterocycles. The number of hydrogen-bond donors (Lipinski definition) is 11. The van der Waals surface area contributed by atoms with Crippen LogP contribution in [0.25, 0.3) is 10.9 Å². The minimum Gasteiger partial charge on any atom is -0.508 e. The maximum absolute atomic E-state index is 14.6. The third-order valence-electron chi connectivity index (χ3n) is 11.0. The Labute approximate surface area is 390 Å². The van der Waals surface area contributed by atoms with Crippen LogP contribution in [-0.4, -0.2) is 117 Å². The third kappa shape index (κ3) is 15.0. The summed E-state index contributed by atoms with van der Waals surface area (Å²) < 4.78 is 0. The van der Waals surface area contributed by atoms with Gasteiger partial charge in [0.05, 0.1) is 6.04 Å². The second-order valence-electron chi connectivity index (χ2n) is 16.5. The number of carboxylic acid groups (broad SMARTS) is 1. The van der Waals surface area contributed by atoms with Gasteiger partial charge in [0.2, 0.25) is 35.4 Å². The van der Waals surface area contributed by atoms with Gasteiger partial charge in [-0.25, -0.2) is 4.79 Å². The molecule has 6 amide bonds. The number of amides is 6. The number of aromatic amines is 1. The molecule has 7 atom stereocenters. The number of H-pyrrole nitrogens is 1. The van der Waals surface area contributed by atoms with E-state index in [1.54, 1.807) is 56.4 Å². The van der Waals surface area contributed by atoms with E-state index in [4.69, 9.17) is 11.5 Å². The van der Waals surface area contributed by atoms with Gasteiger partial charge >= 0.3 is 5.97 Å². The molecule has 66 heavy (non-hydrogen) atoms. The van der Waals surface area contributed by atoms with E-state index in [0.717, 1.165) is 38.1 Å². The minimum atomic E-state index is -1.35. The van der Waals surface area contributed by atoms with E-state index in [0.29, 0.717) is 30.5 Å². The summed E-state index contributed by atoms with van der Waals surface area (Å²) >= 11 is 0. The van der Waals surface area contributed by atoms with E-state index in [9.17, 15) is 43.8 Å². The second-order valence-corrected chi connectivity index (χ2v) is 19.0. The number of nitrogens with two attached hydrogens (primary N) is 2. The zero-order chi connectivity index (χ0) is 47.8. The molecule has 2 heterocycles. The number of hydrogen-bond acceptors (Lipinski definition) is 12. The van der Waals surface area contributed by atoms with Crippen LogP contribution in [0.3, 0.4) is 0 Å². The number of carbonyl (C=O) groups is 7. The van der Waals surface area contributed by atoms with Crippen molar-refractivity contribution in [2.75, 3.05) is 18.1 Å². The van der Waals surface area contributed by atoms with Gasteiger partial charge in [-0.1, -0.05) is 96.1 Å². The first-order valence-electron chi connectivity index (χ1n) is 21.7.